The highest BCUT2D eigenvalue weighted by atomic mass is 32.2. The van der Waals surface area contributed by atoms with Crippen molar-refractivity contribution < 1.29 is 22.7 Å². The molecule has 0 aliphatic heterocycles. The van der Waals surface area contributed by atoms with Crippen LogP contribution in [-0.4, -0.2) is 12.3 Å². The standard InChI is InChI=1S/C20H16F3NO2S2/c21-20(22,23)26-17-9-3-1-6-14(17)12-24-19(25)16-8-2-4-10-18(16)28-13-15-7-5-11-27-15/h1-11H,12-13H2,(H,24,25). The second-order valence-electron chi connectivity index (χ2n) is 5.70. The van der Waals surface area contributed by atoms with Crippen LogP contribution in [0, 0.1) is 0 Å². The van der Waals surface area contributed by atoms with Gasteiger partial charge in [-0.15, -0.1) is 36.3 Å². The van der Waals surface area contributed by atoms with E-state index in [9.17, 15) is 18.0 Å². The number of hydrogen-bond donors (Lipinski definition) is 1. The van der Waals surface area contributed by atoms with Gasteiger partial charge in [0, 0.05) is 27.6 Å². The van der Waals surface area contributed by atoms with Crippen molar-refractivity contribution in [2.24, 2.45) is 0 Å². The smallest absolute Gasteiger partial charge is 0.405 e. The third-order valence-electron chi connectivity index (χ3n) is 3.72. The Hall–Kier alpha value is -2.45. The van der Waals surface area contributed by atoms with Gasteiger partial charge in [0.05, 0.1) is 5.56 Å². The zero-order valence-corrected chi connectivity index (χ0v) is 16.2. The van der Waals surface area contributed by atoms with E-state index in [4.69, 9.17) is 0 Å². The first-order valence-corrected chi connectivity index (χ1v) is 10.1. The molecule has 3 aromatic rings. The molecule has 1 N–H and O–H groups in total. The van der Waals surface area contributed by atoms with Gasteiger partial charge in [-0.1, -0.05) is 36.4 Å². The Morgan fingerprint density at radius 3 is 2.54 bits per heavy atom. The SMILES string of the molecule is O=C(NCc1ccccc1OC(F)(F)F)c1ccccc1SCc1cccs1. The van der Waals surface area contributed by atoms with Crippen LogP contribution in [0.15, 0.2) is 70.9 Å². The van der Waals surface area contributed by atoms with Crippen LogP contribution < -0.4 is 10.1 Å². The topological polar surface area (TPSA) is 38.3 Å². The maximum Gasteiger partial charge on any atom is 0.573 e. The fourth-order valence-electron chi connectivity index (χ4n) is 2.47. The molecule has 2 aromatic carbocycles. The summed E-state index contributed by atoms with van der Waals surface area (Å²) in [5.41, 5.74) is 0.732. The van der Waals surface area contributed by atoms with Crippen LogP contribution in [0.1, 0.15) is 20.8 Å². The predicted octanol–water partition coefficient (Wildman–Crippen LogP) is 5.87. The van der Waals surface area contributed by atoms with Gasteiger partial charge >= 0.3 is 6.36 Å². The number of thiophene rings is 1. The Bertz CT molecular complexity index is 927. The summed E-state index contributed by atoms with van der Waals surface area (Å²) >= 11 is 3.18. The second-order valence-corrected chi connectivity index (χ2v) is 7.75. The Morgan fingerprint density at radius 2 is 1.79 bits per heavy atom. The lowest BCUT2D eigenvalue weighted by Crippen LogP contribution is -2.25. The molecule has 0 fully saturated rings. The Kier molecular flexibility index (Phi) is 6.64. The number of halogens is 3. The summed E-state index contributed by atoms with van der Waals surface area (Å²) in [6.07, 6.45) is -4.79. The van der Waals surface area contributed by atoms with Crippen LogP contribution in [-0.2, 0) is 12.3 Å². The maximum atomic E-state index is 12.6. The number of nitrogens with one attached hydrogen (secondary N) is 1. The van der Waals surface area contributed by atoms with Crippen molar-refractivity contribution in [1.82, 2.24) is 5.32 Å². The molecule has 0 bridgehead atoms. The van der Waals surface area contributed by atoms with Gasteiger partial charge in [0.25, 0.3) is 5.91 Å². The van der Waals surface area contributed by atoms with E-state index in [2.05, 4.69) is 10.1 Å². The van der Waals surface area contributed by atoms with Gasteiger partial charge in [-0.25, -0.2) is 0 Å². The van der Waals surface area contributed by atoms with Crippen molar-refractivity contribution in [2.45, 2.75) is 23.6 Å². The molecule has 0 saturated carbocycles. The molecular weight excluding hydrogens is 407 g/mol. The molecule has 0 saturated heterocycles. The molecule has 3 rings (SSSR count). The number of amides is 1. The fourth-order valence-corrected chi connectivity index (χ4v) is 4.29. The summed E-state index contributed by atoms with van der Waals surface area (Å²) < 4.78 is 41.6. The van der Waals surface area contributed by atoms with Gasteiger partial charge in [0.2, 0.25) is 0 Å². The molecule has 1 amide bonds. The van der Waals surface area contributed by atoms with E-state index in [1.54, 1.807) is 41.3 Å². The zero-order chi connectivity index (χ0) is 20.0. The van der Waals surface area contributed by atoms with E-state index in [-0.39, 0.29) is 23.8 Å². The average molecular weight is 423 g/mol. The summed E-state index contributed by atoms with van der Waals surface area (Å²) in [5.74, 6) is 0.0660. The van der Waals surface area contributed by atoms with Crippen LogP contribution >= 0.6 is 23.1 Å². The lowest BCUT2D eigenvalue weighted by molar-refractivity contribution is -0.274. The molecule has 0 atom stereocenters. The molecule has 1 heterocycles. The predicted molar refractivity (Wildman–Crippen MR) is 105 cm³/mol. The van der Waals surface area contributed by atoms with Crippen LogP contribution in [0.4, 0.5) is 13.2 Å². The number of hydrogen-bond acceptors (Lipinski definition) is 4. The number of thioether (sulfide) groups is 1. The average Bonchev–Trinajstić information content (AvgIpc) is 3.18. The minimum Gasteiger partial charge on any atom is -0.405 e. The number of benzene rings is 2. The monoisotopic (exact) mass is 423 g/mol. The highest BCUT2D eigenvalue weighted by Crippen LogP contribution is 2.29. The van der Waals surface area contributed by atoms with Crippen molar-refractivity contribution in [2.75, 3.05) is 0 Å². The summed E-state index contributed by atoms with van der Waals surface area (Å²) in [6, 6.07) is 16.9. The van der Waals surface area contributed by atoms with Crippen molar-refractivity contribution in [3.05, 3.63) is 82.0 Å². The molecule has 8 heteroatoms. The Balaban J connectivity index is 1.67. The van der Waals surface area contributed by atoms with Gasteiger partial charge in [-0.3, -0.25) is 4.79 Å². The van der Waals surface area contributed by atoms with Gasteiger partial charge in [-0.2, -0.15) is 0 Å². The first-order chi connectivity index (χ1) is 13.4. The largest absolute Gasteiger partial charge is 0.573 e. The van der Waals surface area contributed by atoms with Crippen molar-refractivity contribution in [1.29, 1.82) is 0 Å². The molecule has 146 valence electrons. The van der Waals surface area contributed by atoms with Crippen LogP contribution in [0.5, 0.6) is 5.75 Å². The summed E-state index contributed by atoms with van der Waals surface area (Å²) in [4.78, 5) is 14.6. The highest BCUT2D eigenvalue weighted by molar-refractivity contribution is 7.98. The Labute approximate surface area is 168 Å². The summed E-state index contributed by atoms with van der Waals surface area (Å²) in [6.45, 7) is -0.0744. The van der Waals surface area contributed by atoms with Crippen LogP contribution in [0.2, 0.25) is 0 Å². The number of carbonyl (C=O) groups excluding carboxylic acids is 1. The molecule has 28 heavy (non-hydrogen) atoms. The van der Waals surface area contributed by atoms with Gasteiger partial charge in [0.1, 0.15) is 5.75 Å². The zero-order valence-electron chi connectivity index (χ0n) is 14.5. The molecular formula is C20H16F3NO2S2. The van der Waals surface area contributed by atoms with Crippen molar-refractivity contribution in [3.63, 3.8) is 0 Å². The molecule has 0 aliphatic rings. The van der Waals surface area contributed by atoms with E-state index in [1.807, 2.05) is 29.6 Å². The number of ether oxygens (including phenoxy) is 1. The fraction of sp³-hybridized carbons (Fsp3) is 0.150. The normalized spacial score (nSPS) is 11.2. The number of rotatable bonds is 7. The highest BCUT2D eigenvalue weighted by Gasteiger charge is 2.32. The van der Waals surface area contributed by atoms with E-state index in [0.717, 1.165) is 10.6 Å². The molecule has 0 aliphatic carbocycles. The van der Waals surface area contributed by atoms with Gasteiger partial charge < -0.3 is 10.1 Å². The minimum absolute atomic E-state index is 0.0744. The van der Waals surface area contributed by atoms with E-state index < -0.39 is 6.36 Å². The van der Waals surface area contributed by atoms with Crippen LogP contribution in [0.25, 0.3) is 0 Å². The molecule has 0 spiro atoms. The molecule has 0 unspecified atom stereocenters. The van der Waals surface area contributed by atoms with E-state index in [0.29, 0.717) is 5.56 Å². The number of carbonyl (C=O) groups is 1. The first-order valence-electron chi connectivity index (χ1n) is 8.28. The van der Waals surface area contributed by atoms with Gasteiger partial charge in [-0.05, 0) is 29.6 Å². The lowest BCUT2D eigenvalue weighted by atomic mass is 10.1. The summed E-state index contributed by atoms with van der Waals surface area (Å²) in [7, 11) is 0. The third-order valence-corrected chi connectivity index (χ3v) is 5.90. The maximum absolute atomic E-state index is 12.6. The van der Waals surface area contributed by atoms with E-state index in [1.165, 1.54) is 23.1 Å². The number of alkyl halides is 3. The molecule has 1 aromatic heterocycles. The third kappa shape index (κ3) is 5.77. The first kappa shape index (κ1) is 20.3. The second kappa shape index (κ2) is 9.16. The lowest BCUT2D eigenvalue weighted by Gasteiger charge is -2.14. The van der Waals surface area contributed by atoms with Crippen LogP contribution in [0.3, 0.4) is 0 Å². The van der Waals surface area contributed by atoms with Crippen molar-refractivity contribution in [3.8, 4) is 5.75 Å². The molecule has 3 nitrogen and oxygen atoms in total. The summed E-state index contributed by atoms with van der Waals surface area (Å²) in [5, 5.41) is 4.67. The Morgan fingerprint density at radius 1 is 1.04 bits per heavy atom. The minimum atomic E-state index is -4.79. The van der Waals surface area contributed by atoms with Gasteiger partial charge in [0.15, 0.2) is 0 Å². The number of para-hydroxylation sites is 1. The van der Waals surface area contributed by atoms with E-state index >= 15 is 0 Å². The van der Waals surface area contributed by atoms with Crippen molar-refractivity contribution >= 4 is 29.0 Å². The quantitative estimate of drug-likeness (QED) is 0.483. The molecule has 0 radical (unpaired) electrons.